The molecule has 3 N–H and O–H groups in total. The van der Waals surface area contributed by atoms with Crippen LogP contribution in [0, 0.1) is 0 Å². The minimum atomic E-state index is -1.36. The molecule has 1 heterocycles. The molecule has 0 aliphatic carbocycles. The van der Waals surface area contributed by atoms with Gasteiger partial charge in [0.1, 0.15) is 5.69 Å². The van der Waals surface area contributed by atoms with E-state index in [1.54, 1.807) is 14.0 Å². The number of anilines is 3. The van der Waals surface area contributed by atoms with Gasteiger partial charge in [-0.3, -0.25) is 13.9 Å². The summed E-state index contributed by atoms with van der Waals surface area (Å²) < 4.78 is 12.0. The van der Waals surface area contributed by atoms with E-state index in [1.165, 1.54) is 4.90 Å². The van der Waals surface area contributed by atoms with E-state index in [9.17, 15) is 9.00 Å². The van der Waals surface area contributed by atoms with Crippen molar-refractivity contribution in [1.82, 2.24) is 9.97 Å². The quantitative estimate of drug-likeness (QED) is 0.586. The molecule has 0 aliphatic heterocycles. The van der Waals surface area contributed by atoms with Gasteiger partial charge in [-0.1, -0.05) is 37.3 Å². The molecule has 1 aromatic heterocycles. The minimum Gasteiger partial charge on any atom is -0.382 e. The predicted octanol–water partition coefficient (Wildman–Crippen LogP) is 1.39. The predicted molar refractivity (Wildman–Crippen MR) is 91.6 cm³/mol. The molecule has 0 fully saturated rings. The van der Waals surface area contributed by atoms with Crippen LogP contribution in [0.5, 0.6) is 0 Å². The summed E-state index contributed by atoms with van der Waals surface area (Å²) in [6.45, 7) is 2.09. The lowest BCUT2D eigenvalue weighted by Gasteiger charge is -2.21. The normalized spacial score (nSPS) is 11.7. The molecule has 0 saturated carbocycles. The number of nitrogens with one attached hydrogen (secondary N) is 1. The lowest BCUT2D eigenvalue weighted by atomic mass is 10.2. The van der Waals surface area contributed by atoms with Gasteiger partial charge in [0.25, 0.3) is 0 Å². The molecule has 0 radical (unpaired) electrons. The molecular formula is C15H19N5O2S. The Hall–Kier alpha value is -2.48. The van der Waals surface area contributed by atoms with E-state index in [2.05, 4.69) is 15.3 Å². The molecule has 0 aliphatic rings. The summed E-state index contributed by atoms with van der Waals surface area (Å²) in [6, 6.07) is 9.50. The fourth-order valence-corrected chi connectivity index (χ4v) is 2.71. The summed E-state index contributed by atoms with van der Waals surface area (Å²) in [7, 11) is 0.308. The fourth-order valence-electron chi connectivity index (χ4n) is 2.07. The molecule has 1 aromatic carbocycles. The maximum atomic E-state index is 12.0. The molecule has 1 amide bonds. The molecule has 0 bridgehead atoms. The third-order valence-corrected chi connectivity index (χ3v) is 4.32. The first-order valence-corrected chi connectivity index (χ1v) is 8.42. The molecule has 0 saturated heterocycles. The van der Waals surface area contributed by atoms with Gasteiger partial charge in [0.2, 0.25) is 11.6 Å². The third kappa shape index (κ3) is 3.84. The van der Waals surface area contributed by atoms with Crippen molar-refractivity contribution in [2.75, 3.05) is 28.8 Å². The van der Waals surface area contributed by atoms with Crippen molar-refractivity contribution in [3.8, 4) is 0 Å². The second-order valence-corrected chi connectivity index (χ2v) is 6.33. The molecule has 8 heteroatoms. The summed E-state index contributed by atoms with van der Waals surface area (Å²) in [5.74, 6) is 0.849. The van der Waals surface area contributed by atoms with Gasteiger partial charge in [-0.2, -0.15) is 0 Å². The van der Waals surface area contributed by atoms with E-state index in [4.69, 9.17) is 5.73 Å². The highest BCUT2D eigenvalue weighted by molar-refractivity contribution is 7.84. The summed E-state index contributed by atoms with van der Waals surface area (Å²) in [5, 5.41) is 3.02. The Morgan fingerprint density at radius 1 is 1.30 bits per heavy atom. The Labute approximate surface area is 137 Å². The SMILES string of the molecule is CCS(=O)c1nc(N)c(NC)c(N(C=O)Cc2ccccc2)n1. The van der Waals surface area contributed by atoms with Gasteiger partial charge in [0, 0.05) is 12.8 Å². The Balaban J connectivity index is 2.47. The molecule has 122 valence electrons. The zero-order chi connectivity index (χ0) is 16.8. The van der Waals surface area contributed by atoms with Gasteiger partial charge in [-0.25, -0.2) is 9.97 Å². The first-order valence-electron chi connectivity index (χ1n) is 7.10. The number of nitrogens with two attached hydrogens (primary N) is 1. The molecule has 2 aromatic rings. The van der Waals surface area contributed by atoms with Crippen LogP contribution in [0.3, 0.4) is 0 Å². The van der Waals surface area contributed by atoms with E-state index in [-0.39, 0.29) is 11.0 Å². The highest BCUT2D eigenvalue weighted by atomic mass is 32.2. The maximum absolute atomic E-state index is 12.0. The van der Waals surface area contributed by atoms with Gasteiger partial charge in [0.05, 0.1) is 17.3 Å². The lowest BCUT2D eigenvalue weighted by Crippen LogP contribution is -2.24. The van der Waals surface area contributed by atoms with Crippen molar-refractivity contribution in [3.63, 3.8) is 0 Å². The Morgan fingerprint density at radius 3 is 2.57 bits per heavy atom. The van der Waals surface area contributed by atoms with Crippen LogP contribution in [0.1, 0.15) is 12.5 Å². The van der Waals surface area contributed by atoms with E-state index in [0.29, 0.717) is 30.2 Å². The minimum absolute atomic E-state index is 0.124. The summed E-state index contributed by atoms with van der Waals surface area (Å²) in [4.78, 5) is 21.3. The number of nitrogens with zero attached hydrogens (tertiary/aromatic N) is 3. The zero-order valence-corrected chi connectivity index (χ0v) is 13.8. The summed E-state index contributed by atoms with van der Waals surface area (Å²) in [5.41, 5.74) is 7.30. The highest BCUT2D eigenvalue weighted by Crippen LogP contribution is 2.29. The molecular weight excluding hydrogens is 314 g/mol. The standard InChI is InChI=1S/C15H19N5O2S/c1-3-23(22)15-18-13(16)12(17-2)14(19-15)20(10-21)9-11-7-5-4-6-8-11/h4-8,10,17H,3,9H2,1-2H3,(H2,16,18,19). The Morgan fingerprint density at radius 2 is 2.00 bits per heavy atom. The maximum Gasteiger partial charge on any atom is 0.222 e. The van der Waals surface area contributed by atoms with Crippen LogP contribution in [-0.4, -0.2) is 33.4 Å². The third-order valence-electron chi connectivity index (χ3n) is 3.21. The van der Waals surface area contributed by atoms with Gasteiger partial charge in [0.15, 0.2) is 11.6 Å². The van der Waals surface area contributed by atoms with Crippen molar-refractivity contribution in [1.29, 1.82) is 0 Å². The zero-order valence-electron chi connectivity index (χ0n) is 13.0. The Kier molecular flexibility index (Phi) is 5.64. The number of hydrogen-bond acceptors (Lipinski definition) is 6. The monoisotopic (exact) mass is 333 g/mol. The van der Waals surface area contributed by atoms with Gasteiger partial charge < -0.3 is 11.1 Å². The number of aromatic nitrogens is 2. The molecule has 23 heavy (non-hydrogen) atoms. The molecule has 1 unspecified atom stereocenters. The van der Waals surface area contributed by atoms with Gasteiger partial charge >= 0.3 is 0 Å². The van der Waals surface area contributed by atoms with Crippen molar-refractivity contribution in [3.05, 3.63) is 35.9 Å². The van der Waals surface area contributed by atoms with Crippen LogP contribution in [0.2, 0.25) is 0 Å². The number of carbonyl (C=O) groups is 1. The first-order chi connectivity index (χ1) is 11.1. The molecule has 0 spiro atoms. The number of hydrogen-bond donors (Lipinski definition) is 2. The van der Waals surface area contributed by atoms with Crippen molar-refractivity contribution in [2.45, 2.75) is 18.6 Å². The van der Waals surface area contributed by atoms with E-state index < -0.39 is 10.8 Å². The molecule has 1 atom stereocenters. The van der Waals surface area contributed by atoms with E-state index >= 15 is 0 Å². The van der Waals surface area contributed by atoms with Crippen LogP contribution in [0.15, 0.2) is 35.5 Å². The number of amides is 1. The topological polar surface area (TPSA) is 101 Å². The number of carbonyl (C=O) groups excluding carboxylic acids is 1. The average molecular weight is 333 g/mol. The average Bonchev–Trinajstić information content (AvgIpc) is 2.59. The van der Waals surface area contributed by atoms with Crippen LogP contribution in [0.25, 0.3) is 0 Å². The lowest BCUT2D eigenvalue weighted by molar-refractivity contribution is -0.107. The van der Waals surface area contributed by atoms with E-state index in [0.717, 1.165) is 5.56 Å². The van der Waals surface area contributed by atoms with Crippen LogP contribution >= 0.6 is 0 Å². The first kappa shape index (κ1) is 16.9. The van der Waals surface area contributed by atoms with E-state index in [1.807, 2.05) is 30.3 Å². The number of nitrogen functional groups attached to an aromatic ring is 1. The fraction of sp³-hybridized carbons (Fsp3) is 0.267. The summed E-state index contributed by atoms with van der Waals surface area (Å²) >= 11 is 0. The van der Waals surface area contributed by atoms with Crippen molar-refractivity contribution >= 4 is 34.5 Å². The van der Waals surface area contributed by atoms with Crippen molar-refractivity contribution in [2.24, 2.45) is 0 Å². The van der Waals surface area contributed by atoms with Crippen LogP contribution < -0.4 is 16.0 Å². The Bertz CT molecular complexity index is 709. The number of rotatable bonds is 7. The second kappa shape index (κ2) is 7.68. The highest BCUT2D eigenvalue weighted by Gasteiger charge is 2.19. The van der Waals surface area contributed by atoms with Crippen LogP contribution in [-0.2, 0) is 22.1 Å². The molecule has 2 rings (SSSR count). The van der Waals surface area contributed by atoms with Crippen LogP contribution in [0.4, 0.5) is 17.3 Å². The summed E-state index contributed by atoms with van der Waals surface area (Å²) in [6.07, 6.45) is 0.675. The smallest absolute Gasteiger partial charge is 0.222 e. The van der Waals surface area contributed by atoms with Crippen molar-refractivity contribution < 1.29 is 9.00 Å². The largest absolute Gasteiger partial charge is 0.382 e. The number of benzene rings is 1. The van der Waals surface area contributed by atoms with Gasteiger partial charge in [-0.05, 0) is 5.56 Å². The molecule has 7 nitrogen and oxygen atoms in total. The van der Waals surface area contributed by atoms with Gasteiger partial charge in [-0.15, -0.1) is 0 Å². The second-order valence-electron chi connectivity index (χ2n) is 4.69.